The summed E-state index contributed by atoms with van der Waals surface area (Å²) in [5.74, 6) is 0. The Hall–Kier alpha value is -0.120. The van der Waals surface area contributed by atoms with Crippen LogP contribution in [-0.2, 0) is 4.74 Å². The van der Waals surface area contributed by atoms with Crippen molar-refractivity contribution in [2.75, 3.05) is 39.9 Å². The second kappa shape index (κ2) is 6.17. The van der Waals surface area contributed by atoms with Gasteiger partial charge in [-0.2, -0.15) is 0 Å². The van der Waals surface area contributed by atoms with Crippen molar-refractivity contribution in [1.82, 2.24) is 10.2 Å². The number of likely N-dealkylation sites (tertiary alicyclic amines) is 1. The average Bonchev–Trinajstić information content (AvgIpc) is 2.34. The Morgan fingerprint density at radius 1 is 1.35 bits per heavy atom. The fourth-order valence-corrected chi connectivity index (χ4v) is 3.43. The van der Waals surface area contributed by atoms with Crippen LogP contribution >= 0.6 is 0 Å². The van der Waals surface area contributed by atoms with E-state index < -0.39 is 0 Å². The van der Waals surface area contributed by atoms with Gasteiger partial charge in [-0.3, -0.25) is 4.90 Å². The van der Waals surface area contributed by atoms with Gasteiger partial charge in [-0.15, -0.1) is 0 Å². The molecule has 0 spiro atoms. The molecule has 3 heteroatoms. The molecular formula is C14H28N2O. The summed E-state index contributed by atoms with van der Waals surface area (Å²) in [5.41, 5.74) is 0.360. The van der Waals surface area contributed by atoms with Gasteiger partial charge in [0.25, 0.3) is 0 Å². The molecule has 2 unspecified atom stereocenters. The van der Waals surface area contributed by atoms with Gasteiger partial charge < -0.3 is 10.1 Å². The van der Waals surface area contributed by atoms with Crippen LogP contribution in [0.15, 0.2) is 0 Å². The van der Waals surface area contributed by atoms with Crippen LogP contribution < -0.4 is 5.32 Å². The predicted octanol–water partition coefficient (Wildman–Crippen LogP) is 1.88. The van der Waals surface area contributed by atoms with E-state index in [9.17, 15) is 0 Å². The predicted molar refractivity (Wildman–Crippen MR) is 71.3 cm³/mol. The van der Waals surface area contributed by atoms with E-state index in [-0.39, 0.29) is 0 Å². The molecular weight excluding hydrogens is 212 g/mol. The summed E-state index contributed by atoms with van der Waals surface area (Å²) in [6.07, 6.45) is 6.70. The van der Waals surface area contributed by atoms with Gasteiger partial charge in [0.05, 0.1) is 6.61 Å². The first-order valence-corrected chi connectivity index (χ1v) is 7.22. The molecule has 2 saturated heterocycles. The summed E-state index contributed by atoms with van der Waals surface area (Å²) in [4.78, 5) is 2.69. The molecule has 2 aliphatic rings. The van der Waals surface area contributed by atoms with Gasteiger partial charge in [-0.05, 0) is 46.2 Å². The molecule has 2 aliphatic heterocycles. The average molecular weight is 240 g/mol. The normalized spacial score (nSPS) is 36.0. The van der Waals surface area contributed by atoms with Crippen LogP contribution in [0.3, 0.4) is 0 Å². The maximum atomic E-state index is 5.75. The van der Waals surface area contributed by atoms with Gasteiger partial charge in [-0.25, -0.2) is 0 Å². The second-order valence-electron chi connectivity index (χ2n) is 6.00. The molecule has 3 nitrogen and oxygen atoms in total. The molecule has 17 heavy (non-hydrogen) atoms. The quantitative estimate of drug-likeness (QED) is 0.812. The Morgan fingerprint density at radius 3 is 2.88 bits per heavy atom. The van der Waals surface area contributed by atoms with E-state index in [0.717, 1.165) is 25.8 Å². The van der Waals surface area contributed by atoms with Crippen molar-refractivity contribution in [3.05, 3.63) is 0 Å². The molecule has 0 aromatic heterocycles. The third kappa shape index (κ3) is 3.43. The van der Waals surface area contributed by atoms with E-state index in [0.29, 0.717) is 5.41 Å². The standard InChI is InChI=1S/C14H28N2O/c1-13-6-3-4-8-16(13)11-14(10-15-2)7-5-9-17-12-14/h13,15H,3-12H2,1-2H3. The zero-order chi connectivity index (χ0) is 12.1. The van der Waals surface area contributed by atoms with Crippen LogP contribution in [0.25, 0.3) is 0 Å². The number of hydrogen-bond donors (Lipinski definition) is 1. The Balaban J connectivity index is 1.95. The topological polar surface area (TPSA) is 24.5 Å². The lowest BCUT2D eigenvalue weighted by atomic mass is 9.81. The number of piperidine rings is 1. The van der Waals surface area contributed by atoms with Gasteiger partial charge in [0.1, 0.15) is 0 Å². The van der Waals surface area contributed by atoms with Crippen LogP contribution in [0, 0.1) is 5.41 Å². The van der Waals surface area contributed by atoms with E-state index in [1.165, 1.54) is 45.2 Å². The highest BCUT2D eigenvalue weighted by Gasteiger charge is 2.35. The first-order chi connectivity index (χ1) is 8.26. The van der Waals surface area contributed by atoms with Gasteiger partial charge in [0.2, 0.25) is 0 Å². The van der Waals surface area contributed by atoms with Crippen molar-refractivity contribution in [3.63, 3.8) is 0 Å². The van der Waals surface area contributed by atoms with Gasteiger partial charge in [0, 0.05) is 31.2 Å². The van der Waals surface area contributed by atoms with Gasteiger partial charge >= 0.3 is 0 Å². The molecule has 0 bridgehead atoms. The monoisotopic (exact) mass is 240 g/mol. The minimum atomic E-state index is 0.360. The largest absolute Gasteiger partial charge is 0.381 e. The van der Waals surface area contributed by atoms with Gasteiger partial charge in [0.15, 0.2) is 0 Å². The van der Waals surface area contributed by atoms with Crippen molar-refractivity contribution < 1.29 is 4.74 Å². The van der Waals surface area contributed by atoms with Crippen molar-refractivity contribution in [1.29, 1.82) is 0 Å². The molecule has 0 amide bonds. The summed E-state index contributed by atoms with van der Waals surface area (Å²) in [5, 5.41) is 3.38. The zero-order valence-electron chi connectivity index (χ0n) is 11.5. The molecule has 0 radical (unpaired) electrons. The molecule has 2 atom stereocenters. The summed E-state index contributed by atoms with van der Waals surface area (Å²) in [6, 6.07) is 0.763. The van der Waals surface area contributed by atoms with Crippen molar-refractivity contribution >= 4 is 0 Å². The molecule has 100 valence electrons. The second-order valence-corrected chi connectivity index (χ2v) is 6.00. The fraction of sp³-hybridized carbons (Fsp3) is 1.00. The highest BCUT2D eigenvalue weighted by molar-refractivity contribution is 4.89. The first-order valence-electron chi connectivity index (χ1n) is 7.22. The summed E-state index contributed by atoms with van der Waals surface area (Å²) in [6.45, 7) is 7.88. The lowest BCUT2D eigenvalue weighted by Crippen LogP contribution is -2.51. The van der Waals surface area contributed by atoms with Crippen molar-refractivity contribution in [2.24, 2.45) is 5.41 Å². The van der Waals surface area contributed by atoms with Crippen LogP contribution in [0.4, 0.5) is 0 Å². The van der Waals surface area contributed by atoms with Gasteiger partial charge in [-0.1, -0.05) is 6.42 Å². The Morgan fingerprint density at radius 2 is 2.24 bits per heavy atom. The molecule has 2 fully saturated rings. The minimum Gasteiger partial charge on any atom is -0.381 e. The lowest BCUT2D eigenvalue weighted by Gasteiger charge is -2.44. The van der Waals surface area contributed by atoms with Crippen LogP contribution in [0.5, 0.6) is 0 Å². The third-order valence-corrected chi connectivity index (χ3v) is 4.43. The van der Waals surface area contributed by atoms with E-state index in [1.54, 1.807) is 0 Å². The fourth-order valence-electron chi connectivity index (χ4n) is 3.43. The van der Waals surface area contributed by atoms with Crippen molar-refractivity contribution in [2.45, 2.75) is 45.1 Å². The molecule has 0 aromatic carbocycles. The number of nitrogens with one attached hydrogen (secondary N) is 1. The maximum Gasteiger partial charge on any atom is 0.0546 e. The Labute approximate surface area is 106 Å². The lowest BCUT2D eigenvalue weighted by molar-refractivity contribution is -0.0351. The molecule has 2 heterocycles. The third-order valence-electron chi connectivity index (χ3n) is 4.43. The van der Waals surface area contributed by atoms with Crippen LogP contribution in [0.2, 0.25) is 0 Å². The molecule has 0 saturated carbocycles. The number of rotatable bonds is 4. The van der Waals surface area contributed by atoms with Crippen molar-refractivity contribution in [3.8, 4) is 0 Å². The first kappa shape index (κ1) is 13.3. The molecule has 1 N–H and O–H groups in total. The molecule has 2 rings (SSSR count). The minimum absolute atomic E-state index is 0.360. The zero-order valence-corrected chi connectivity index (χ0v) is 11.5. The smallest absolute Gasteiger partial charge is 0.0546 e. The van der Waals surface area contributed by atoms with E-state index in [2.05, 4.69) is 24.2 Å². The van der Waals surface area contributed by atoms with E-state index in [1.807, 2.05) is 0 Å². The van der Waals surface area contributed by atoms with Crippen LogP contribution in [-0.4, -0.2) is 50.8 Å². The molecule has 0 aromatic rings. The Bertz CT molecular complexity index is 221. The highest BCUT2D eigenvalue weighted by Crippen LogP contribution is 2.31. The number of ether oxygens (including phenoxy) is 1. The van der Waals surface area contributed by atoms with Crippen LogP contribution in [0.1, 0.15) is 39.0 Å². The summed E-state index contributed by atoms with van der Waals surface area (Å²) >= 11 is 0. The van der Waals surface area contributed by atoms with E-state index in [4.69, 9.17) is 4.74 Å². The SMILES string of the molecule is CNCC1(CN2CCCCC2C)CCCOC1. The molecule has 0 aliphatic carbocycles. The highest BCUT2D eigenvalue weighted by atomic mass is 16.5. The number of nitrogens with zero attached hydrogens (tertiary/aromatic N) is 1. The summed E-state index contributed by atoms with van der Waals surface area (Å²) in [7, 11) is 2.07. The number of hydrogen-bond acceptors (Lipinski definition) is 3. The maximum absolute atomic E-state index is 5.75. The summed E-state index contributed by atoms with van der Waals surface area (Å²) < 4.78 is 5.75. The van der Waals surface area contributed by atoms with E-state index >= 15 is 0 Å². The Kier molecular flexibility index (Phi) is 4.83.